The summed E-state index contributed by atoms with van der Waals surface area (Å²) in [6.45, 7) is -4.20. The lowest BCUT2D eigenvalue weighted by molar-refractivity contribution is -0.381. The number of carboxylic acids is 4. The van der Waals surface area contributed by atoms with Crippen molar-refractivity contribution >= 4 is 102 Å². The van der Waals surface area contributed by atoms with E-state index in [-0.39, 0.29) is 0 Å². The molecule has 8 aliphatic rings. The van der Waals surface area contributed by atoms with E-state index in [9.17, 15) is 196 Å². The Kier molecular flexibility index (Phi) is 34.6. The van der Waals surface area contributed by atoms with Crippen LogP contribution in [-0.2, 0) is 193 Å². The van der Waals surface area contributed by atoms with Gasteiger partial charge in [-0.25, -0.2) is 40.1 Å². The van der Waals surface area contributed by atoms with Crippen molar-refractivity contribution in [2.75, 3.05) is 26.9 Å². The summed E-state index contributed by atoms with van der Waals surface area (Å²) in [5, 5.41) is 177. The molecule has 8 saturated heterocycles. The van der Waals surface area contributed by atoms with E-state index >= 15 is 0 Å². The summed E-state index contributed by atoms with van der Waals surface area (Å²) < 4.78 is 353. The Balaban J connectivity index is 1.06. The summed E-state index contributed by atoms with van der Waals surface area (Å²) in [5.41, 5.74) is 5.91. The number of carbonyl (C=O) groups excluding carboxylic acids is 1. The van der Waals surface area contributed by atoms with E-state index in [0.717, 1.165) is 7.11 Å². The van der Waals surface area contributed by atoms with Crippen LogP contribution < -0.4 is 20.5 Å². The van der Waals surface area contributed by atoms with Gasteiger partial charge >= 0.3 is 96.5 Å². The van der Waals surface area contributed by atoms with Gasteiger partial charge in [-0.3, -0.25) is 36.7 Å². The highest BCUT2D eigenvalue weighted by atomic mass is 32.3. The van der Waals surface area contributed by atoms with E-state index in [0.29, 0.717) is 6.92 Å². The zero-order valence-electron chi connectivity index (χ0n) is 61.3. The highest BCUT2D eigenvalue weighted by Gasteiger charge is 2.64. The number of hydrogen-bond donors (Lipinski definition) is 27. The molecule has 67 nitrogen and oxygen atoms in total. The highest BCUT2D eigenvalue weighted by molar-refractivity contribution is 7.84. The van der Waals surface area contributed by atoms with E-state index < -0.39 is 368 Å². The van der Waals surface area contributed by atoms with Crippen LogP contribution in [0, 0.1) is 0 Å². The van der Waals surface area contributed by atoms with E-state index in [2.05, 4.69) is 20.9 Å². The van der Waals surface area contributed by atoms with Gasteiger partial charge in [0.05, 0.1) is 25.9 Å². The van der Waals surface area contributed by atoms with Gasteiger partial charge in [-0.05, 0) is 0 Å². The molecule has 0 aliphatic carbocycles. The molecule has 28 N–H and O–H groups in total. The minimum Gasteiger partial charge on any atom is -0.479 e. The number of rotatable bonds is 37. The molecule has 0 aromatic carbocycles. The molecular weight excluding hydrogens is 1890 g/mol. The third kappa shape index (κ3) is 26.1. The van der Waals surface area contributed by atoms with Gasteiger partial charge in [-0.15, -0.1) is 0 Å². The molecule has 124 heavy (non-hydrogen) atoms. The van der Waals surface area contributed by atoms with Gasteiger partial charge in [0.2, 0.25) is 12.2 Å². The first-order chi connectivity index (χ1) is 56.9. The molecular formula is C50H80N4O63S7. The van der Waals surface area contributed by atoms with Crippen LogP contribution in [0.3, 0.4) is 0 Å². The summed E-state index contributed by atoms with van der Waals surface area (Å²) in [6.07, 6.45) is -102. The topological polar surface area (TPSA) is 1050 Å². The molecule has 0 saturated carbocycles. The average molecular weight is 1970 g/mol. The Morgan fingerprint density at radius 3 is 0.879 bits per heavy atom. The molecule has 0 aromatic heterocycles. The van der Waals surface area contributed by atoms with Gasteiger partial charge in [0.1, 0.15) is 140 Å². The Bertz CT molecular complexity index is 4560. The molecule has 8 fully saturated rings. The normalized spacial score (nSPS) is 42.5. The predicted molar refractivity (Wildman–Crippen MR) is 357 cm³/mol. The minimum atomic E-state index is -6.21. The first-order valence-corrected chi connectivity index (χ1v) is 43.6. The van der Waals surface area contributed by atoms with Crippen molar-refractivity contribution in [3.63, 3.8) is 0 Å². The van der Waals surface area contributed by atoms with Gasteiger partial charge in [0.15, 0.2) is 93.0 Å². The quantitative estimate of drug-likeness (QED) is 0.0257. The number of amides is 1. The standard InChI is InChI=1S/C50H80N4O63S7/c1-6(58)52-11-14(59)23(102-47-32(115-122(88,89)90)21(66)28(35(109-47)40(72)73)105-44-12(53-118(76,77)78)15(60)24(8(4-56)99-44)101-46-19(64)17(62)18(63)30(107-46)38(68)69)7(3-55)98-43(11)104-27-20(65)31(114-121(85,86)87)48(108-34(27)39(70)71)103-25-9(5-57)100-45(13(16(25)61)54-119(79,80)81)106-29-22(67)33(116-123(91,92)93)49(110-36(29)41(74)75)111-37-26(113-120(82,83)84)10(51)42(97-2)112-50(37)117-124(94,95)96/h7-37,42-50,53-57,59-67H,3-5,51H2,1-2H3,(H,52,58)(H,68,69)(H,70,71)(H,72,73)(H,74,75)(H,76,77,78)(H,79,80,81)(H,82,83,84)(H,85,86,87)(H,88,89,90)(H,91,92,93)(H,94,95,96)/t7-,8-,9-,10-,11-,12-,13-,14-,15-,16-,17+,18+,19-,20+,21+,22+,23-,24-,25-,26-,27+,28+,29?,30+,31-,32-,33-,34+,35+,36+,37+,42+,43-,44-,45-,46-,47-,48-,49+,50-/m1/s1. The molecule has 1 amide bonds. The van der Waals surface area contributed by atoms with Crippen LogP contribution in [0.4, 0.5) is 0 Å². The van der Waals surface area contributed by atoms with Gasteiger partial charge in [0, 0.05) is 14.0 Å². The zero-order valence-corrected chi connectivity index (χ0v) is 67.0. The third-order valence-electron chi connectivity index (χ3n) is 18.6. The molecule has 74 heteroatoms. The molecule has 8 heterocycles. The van der Waals surface area contributed by atoms with Crippen molar-refractivity contribution in [1.29, 1.82) is 0 Å². The lowest BCUT2D eigenvalue weighted by atomic mass is 9.93. The fourth-order valence-electron chi connectivity index (χ4n) is 13.5. The maximum Gasteiger partial charge on any atom is 0.399 e. The van der Waals surface area contributed by atoms with Crippen LogP contribution in [0.25, 0.3) is 0 Å². The number of aliphatic hydroxyl groups excluding tert-OH is 12. The maximum atomic E-state index is 13.3. The molecule has 1 unspecified atom stereocenters. The Morgan fingerprint density at radius 1 is 0.306 bits per heavy atom. The maximum absolute atomic E-state index is 13.3. The molecule has 8 aliphatic heterocycles. The van der Waals surface area contributed by atoms with E-state index in [1.54, 1.807) is 0 Å². The highest BCUT2D eigenvalue weighted by Crippen LogP contribution is 2.42. The fourth-order valence-corrected chi connectivity index (χ4v) is 17.1. The van der Waals surface area contributed by atoms with Gasteiger partial charge in [-0.1, -0.05) is 0 Å². The van der Waals surface area contributed by atoms with Crippen molar-refractivity contribution in [3.8, 4) is 0 Å². The molecule has 8 rings (SSSR count). The van der Waals surface area contributed by atoms with Crippen molar-refractivity contribution in [2.45, 2.75) is 253 Å². The summed E-state index contributed by atoms with van der Waals surface area (Å²) in [6, 6.07) is -10.4. The summed E-state index contributed by atoms with van der Waals surface area (Å²) in [5.74, 6) is -10.6. The lowest BCUT2D eigenvalue weighted by Gasteiger charge is -2.51. The smallest absolute Gasteiger partial charge is 0.399 e. The lowest BCUT2D eigenvalue weighted by Crippen LogP contribution is -2.71. The number of nitrogens with two attached hydrogens (primary N) is 1. The molecule has 0 bridgehead atoms. The number of methoxy groups -OCH3 is 1. The number of carboxylic acid groups (broad SMARTS) is 4. The van der Waals surface area contributed by atoms with Crippen LogP contribution in [-0.4, -0.2) is 475 Å². The number of nitrogens with one attached hydrogen (secondary N) is 3. The SMILES string of the molecule is CO[C@H]1O[C@H](OS(=O)(=O)O)[C@@H](O[C@@H]2O[C@H](C(=O)O)C(O[C@H]3O[C@H](CO)[C@@H](O[C@@H]4O[C@H](C(=O)O)[C@@H](O[C@H]5O[C@H](CO)[C@@H](O[C@@H]6O[C@H](C(=O)O)[C@@H](O[C@H]7O[C@H](CO)[C@@H](O[C@@H]8O[C@H](C(=O)O)[C@@H](O)[C@H](O)[C@H]8O)[C@H](O)[C@H]7NS(=O)(=O)O)[C@H](O)[C@H]6OS(=O)(=O)O)[C@H](O)[C@H]5NC(C)=O)[C@H](O)[C@H]4OS(=O)(=O)O)[C@H](O)[C@H]3NS(=O)(=O)O)[C@H](O)[C@H]2OS(=O)(=O)O)[C@H](OS(=O)(=O)O)[C@H]1N. The Morgan fingerprint density at radius 2 is 0.589 bits per heavy atom. The van der Waals surface area contributed by atoms with E-state index in [4.69, 9.17) is 81.5 Å². The monoisotopic (exact) mass is 1970 g/mol. The van der Waals surface area contributed by atoms with Crippen LogP contribution in [0.15, 0.2) is 0 Å². The summed E-state index contributed by atoms with van der Waals surface area (Å²) >= 11 is 0. The fraction of sp³-hybridized carbons (Fsp3) is 0.900. The van der Waals surface area contributed by atoms with Crippen molar-refractivity contribution in [3.05, 3.63) is 0 Å². The Hall–Kier alpha value is -4.72. The van der Waals surface area contributed by atoms with E-state index in [1.807, 2.05) is 5.32 Å². The van der Waals surface area contributed by atoms with Crippen LogP contribution >= 0.6 is 0 Å². The largest absolute Gasteiger partial charge is 0.479 e. The first kappa shape index (κ1) is 105. The average Bonchev–Trinajstić information content (AvgIpc) is 0.758. The number of aliphatic carboxylic acids is 4. The third-order valence-corrected chi connectivity index (χ3v) is 22.0. The molecule has 40 atom stereocenters. The second-order valence-corrected chi connectivity index (χ2v) is 34.6. The summed E-state index contributed by atoms with van der Waals surface area (Å²) in [4.78, 5) is 64.2. The second-order valence-electron chi connectivity index (χ2n) is 27.0. The van der Waals surface area contributed by atoms with Crippen molar-refractivity contribution < 1.29 is 293 Å². The predicted octanol–water partition coefficient (Wildman–Crippen LogP) is -19.4. The van der Waals surface area contributed by atoms with Crippen molar-refractivity contribution in [2.24, 2.45) is 5.73 Å². The molecule has 0 spiro atoms. The molecule has 720 valence electrons. The first-order valence-electron chi connectivity index (χ1n) is 33.9. The van der Waals surface area contributed by atoms with Crippen molar-refractivity contribution in [1.82, 2.24) is 14.8 Å². The minimum absolute atomic E-state index is 0.631. The number of carbonyl (C=O) groups is 5. The number of ether oxygens (including phenoxy) is 16. The zero-order chi connectivity index (χ0) is 93.6. The van der Waals surface area contributed by atoms with Crippen LogP contribution in [0.5, 0.6) is 0 Å². The van der Waals surface area contributed by atoms with Gasteiger partial charge in [-0.2, -0.15) is 68.4 Å². The van der Waals surface area contributed by atoms with Crippen LogP contribution in [0.2, 0.25) is 0 Å². The second kappa shape index (κ2) is 41.0. The van der Waals surface area contributed by atoms with Crippen LogP contribution in [0.1, 0.15) is 6.92 Å². The van der Waals surface area contributed by atoms with Gasteiger partial charge < -0.3 is 169 Å². The van der Waals surface area contributed by atoms with E-state index in [1.165, 1.54) is 9.44 Å². The number of hydrogen-bond acceptors (Lipinski definition) is 53. The molecule has 0 aromatic rings. The Labute approximate surface area is 692 Å². The molecule has 0 radical (unpaired) electrons. The summed E-state index contributed by atoms with van der Waals surface area (Å²) in [7, 11) is -41.2. The number of aliphatic hydroxyl groups is 12. The van der Waals surface area contributed by atoms with Gasteiger partial charge in [0.25, 0.3) is 0 Å².